The zero-order valence-corrected chi connectivity index (χ0v) is 10.7. The Bertz CT molecular complexity index is 375. The predicted molar refractivity (Wildman–Crippen MR) is 64.5 cm³/mol. The summed E-state index contributed by atoms with van der Waals surface area (Å²) in [6.07, 6.45) is 0. The average molecular weight is 246 g/mol. The van der Waals surface area contributed by atoms with E-state index in [1.165, 1.54) is 0 Å². The van der Waals surface area contributed by atoms with Crippen LogP contribution in [0.1, 0.15) is 26.3 Å². The lowest BCUT2D eigenvalue weighted by atomic mass is 9.87. The molecule has 0 aliphatic rings. The summed E-state index contributed by atoms with van der Waals surface area (Å²) in [5.41, 5.74) is 1.22. The van der Waals surface area contributed by atoms with Gasteiger partial charge in [-0.05, 0) is 23.1 Å². The molecule has 15 heavy (non-hydrogen) atoms. The molecule has 1 rings (SSSR count). The largest absolute Gasteiger partial charge is 0.424 e. The Kier molecular flexibility index (Phi) is 3.56. The lowest BCUT2D eigenvalue weighted by Crippen LogP contribution is -2.10. The molecule has 0 fully saturated rings. The van der Waals surface area contributed by atoms with Crippen LogP contribution in [0, 0.1) is 0 Å². The molecule has 0 unspecified atom stereocenters. The monoisotopic (exact) mass is 246 g/mol. The van der Waals surface area contributed by atoms with Gasteiger partial charge in [0.25, 0.3) is 0 Å². The number of rotatable bonds is 2. The number of benzene rings is 1. The van der Waals surface area contributed by atoms with Crippen LogP contribution in [0.5, 0.6) is 5.75 Å². The molecule has 0 radical (unpaired) electrons. The lowest BCUT2D eigenvalue weighted by Gasteiger charge is -2.19. The first-order chi connectivity index (χ1) is 6.68. The highest BCUT2D eigenvalue weighted by molar-refractivity contribution is 8.06. The highest BCUT2D eigenvalue weighted by atomic mass is 32.5. The van der Waals surface area contributed by atoms with Crippen molar-refractivity contribution in [2.75, 3.05) is 0 Å². The van der Waals surface area contributed by atoms with E-state index in [0.29, 0.717) is 5.75 Å². The van der Waals surface area contributed by atoms with Gasteiger partial charge in [-0.15, -0.1) is 0 Å². The van der Waals surface area contributed by atoms with Crippen LogP contribution >= 0.6 is 6.72 Å². The topological polar surface area (TPSA) is 49.7 Å². The third kappa shape index (κ3) is 4.31. The second-order valence-corrected chi connectivity index (χ2v) is 6.95. The summed E-state index contributed by atoms with van der Waals surface area (Å²) in [6.45, 7) is 2.70. The fraction of sp³-hybridized carbons (Fsp3) is 0.400. The van der Waals surface area contributed by atoms with Crippen LogP contribution in [0.25, 0.3) is 0 Å². The quantitative estimate of drug-likeness (QED) is 0.787. The van der Waals surface area contributed by atoms with Crippen molar-refractivity contribution in [2.45, 2.75) is 26.2 Å². The second-order valence-electron chi connectivity index (χ2n) is 4.36. The van der Waals surface area contributed by atoms with Crippen LogP contribution in [0.4, 0.5) is 0 Å². The Labute approximate surface area is 95.0 Å². The van der Waals surface area contributed by atoms with Gasteiger partial charge in [-0.2, -0.15) is 0 Å². The minimum atomic E-state index is -3.61. The molecule has 1 aromatic carbocycles. The fourth-order valence-corrected chi connectivity index (χ4v) is 1.81. The molecule has 0 saturated heterocycles. The van der Waals surface area contributed by atoms with Crippen molar-refractivity contribution in [1.29, 1.82) is 0 Å². The maximum Gasteiger partial charge on any atom is 0.375 e. The first-order valence-corrected chi connectivity index (χ1v) is 7.17. The van der Waals surface area contributed by atoms with Crippen molar-refractivity contribution in [1.82, 2.24) is 0 Å². The molecule has 0 spiro atoms. The van der Waals surface area contributed by atoms with Crippen molar-refractivity contribution in [3.05, 3.63) is 29.8 Å². The molecule has 3 nitrogen and oxygen atoms in total. The molecule has 0 aliphatic carbocycles. The van der Waals surface area contributed by atoms with Crippen LogP contribution in [0.2, 0.25) is 0 Å². The highest BCUT2D eigenvalue weighted by Crippen LogP contribution is 2.38. The van der Waals surface area contributed by atoms with Gasteiger partial charge < -0.3 is 14.3 Å². The first kappa shape index (κ1) is 12.7. The van der Waals surface area contributed by atoms with Gasteiger partial charge in [0.05, 0.1) is 0 Å². The Morgan fingerprint density at radius 3 is 1.93 bits per heavy atom. The molecule has 0 aliphatic heterocycles. The third-order valence-electron chi connectivity index (χ3n) is 1.94. The van der Waals surface area contributed by atoms with Gasteiger partial charge in [-0.3, -0.25) is 0 Å². The smallest absolute Gasteiger partial charge is 0.375 e. The summed E-state index contributed by atoms with van der Waals surface area (Å²) in [6, 6.07) is 7.16. The number of hydrogen-bond donors (Lipinski definition) is 2. The minimum Gasteiger partial charge on any atom is -0.424 e. The average Bonchev–Trinajstić information content (AvgIpc) is 2.00. The zero-order valence-electron chi connectivity index (χ0n) is 8.97. The molecular formula is C10H15O3PS. The van der Waals surface area contributed by atoms with Gasteiger partial charge in [0.15, 0.2) is 0 Å². The highest BCUT2D eigenvalue weighted by Gasteiger charge is 2.14. The van der Waals surface area contributed by atoms with Crippen molar-refractivity contribution < 1.29 is 14.3 Å². The van der Waals surface area contributed by atoms with Crippen molar-refractivity contribution >= 4 is 18.5 Å². The molecule has 1 aromatic rings. The molecule has 0 heterocycles. The van der Waals surface area contributed by atoms with E-state index >= 15 is 0 Å². The molecule has 2 N–H and O–H groups in total. The van der Waals surface area contributed by atoms with Crippen LogP contribution < -0.4 is 4.52 Å². The van der Waals surface area contributed by atoms with E-state index in [4.69, 9.17) is 14.3 Å². The van der Waals surface area contributed by atoms with Gasteiger partial charge in [0, 0.05) is 11.8 Å². The van der Waals surface area contributed by atoms with Gasteiger partial charge in [-0.25, -0.2) is 0 Å². The van der Waals surface area contributed by atoms with Gasteiger partial charge in [-0.1, -0.05) is 32.9 Å². The van der Waals surface area contributed by atoms with Gasteiger partial charge in [0.2, 0.25) is 0 Å². The Balaban J connectivity index is 2.87. The van der Waals surface area contributed by atoms with Crippen molar-refractivity contribution in [3.8, 4) is 5.75 Å². The van der Waals surface area contributed by atoms with E-state index in [-0.39, 0.29) is 5.41 Å². The van der Waals surface area contributed by atoms with Gasteiger partial charge >= 0.3 is 6.72 Å². The van der Waals surface area contributed by atoms with Crippen LogP contribution in [0.3, 0.4) is 0 Å². The molecule has 84 valence electrons. The standard InChI is InChI=1S/C10H15O3PS/c1-10(2,3)8-4-6-9(7-5-8)13-14(11,12)15/h4-7H,1-3H3,(H2,11,12,15). The molecule has 0 atom stereocenters. The van der Waals surface area contributed by atoms with Crippen molar-refractivity contribution in [2.24, 2.45) is 0 Å². The van der Waals surface area contributed by atoms with Gasteiger partial charge in [0.1, 0.15) is 5.75 Å². The van der Waals surface area contributed by atoms with E-state index in [1.807, 2.05) is 12.1 Å². The lowest BCUT2D eigenvalue weighted by molar-refractivity contribution is 0.370. The maximum atomic E-state index is 8.96. The summed E-state index contributed by atoms with van der Waals surface area (Å²) in [5.74, 6) is 0.385. The SMILES string of the molecule is CC(C)(C)c1ccc(OP(O)(O)=S)cc1. The van der Waals surface area contributed by atoms with Crippen LogP contribution in [-0.4, -0.2) is 9.79 Å². The van der Waals surface area contributed by atoms with E-state index in [0.717, 1.165) is 5.56 Å². The molecular weight excluding hydrogens is 231 g/mol. The summed E-state index contributed by atoms with van der Waals surface area (Å²) in [4.78, 5) is 17.9. The molecule has 5 heteroatoms. The van der Waals surface area contributed by atoms with Crippen LogP contribution in [0.15, 0.2) is 24.3 Å². The normalized spacial score (nSPS) is 12.6. The molecule has 0 aromatic heterocycles. The van der Waals surface area contributed by atoms with E-state index < -0.39 is 6.72 Å². The van der Waals surface area contributed by atoms with E-state index in [9.17, 15) is 0 Å². The van der Waals surface area contributed by atoms with Crippen LogP contribution in [-0.2, 0) is 17.2 Å². The molecule has 0 bridgehead atoms. The number of hydrogen-bond acceptors (Lipinski definition) is 2. The third-order valence-corrected chi connectivity index (χ3v) is 2.62. The summed E-state index contributed by atoms with van der Waals surface area (Å²) in [5, 5.41) is 0. The first-order valence-electron chi connectivity index (χ1n) is 4.54. The second kappa shape index (κ2) is 4.22. The van der Waals surface area contributed by atoms with E-state index in [1.54, 1.807) is 12.1 Å². The molecule has 0 amide bonds. The molecule has 0 saturated carbocycles. The maximum absolute atomic E-state index is 8.96. The Hall–Kier alpha value is -0.410. The fourth-order valence-electron chi connectivity index (χ4n) is 1.15. The predicted octanol–water partition coefficient (Wildman–Crippen LogP) is 2.57. The van der Waals surface area contributed by atoms with E-state index in [2.05, 4.69) is 32.6 Å². The summed E-state index contributed by atoms with van der Waals surface area (Å²) >= 11 is 4.37. The van der Waals surface area contributed by atoms with Crippen molar-refractivity contribution in [3.63, 3.8) is 0 Å². The zero-order chi connectivity index (χ0) is 11.7. The Morgan fingerprint density at radius 1 is 1.13 bits per heavy atom. The Morgan fingerprint density at radius 2 is 1.60 bits per heavy atom. The minimum absolute atomic E-state index is 0.0666. The summed E-state index contributed by atoms with van der Waals surface area (Å²) in [7, 11) is 0. The summed E-state index contributed by atoms with van der Waals surface area (Å²) < 4.78 is 4.81.